The van der Waals surface area contributed by atoms with Crippen LogP contribution in [0.25, 0.3) is 0 Å². The Morgan fingerprint density at radius 1 is 1.16 bits per heavy atom. The van der Waals surface area contributed by atoms with E-state index in [1.807, 2.05) is 67.1 Å². The molecule has 2 N–H and O–H groups in total. The molecule has 4 rings (SSSR count). The second kappa shape index (κ2) is 9.30. The maximum atomic E-state index is 13.4. The van der Waals surface area contributed by atoms with Gasteiger partial charge in [-0.2, -0.15) is 0 Å². The van der Waals surface area contributed by atoms with Crippen LogP contribution < -0.4 is 20.2 Å². The molecule has 9 heteroatoms. The SMILES string of the molecule is CCOc1ccc([C@@H]2Nn3c(CC)nnc3S[C@@H]2C(=O)Nc2ccccc2OC)cc1. The number of fused-ring (bicyclic) bond motifs is 1. The number of amides is 1. The van der Waals surface area contributed by atoms with Crippen molar-refractivity contribution < 1.29 is 14.3 Å². The molecule has 0 radical (unpaired) electrons. The van der Waals surface area contributed by atoms with E-state index in [2.05, 4.69) is 20.9 Å². The summed E-state index contributed by atoms with van der Waals surface area (Å²) in [4.78, 5) is 13.4. The van der Waals surface area contributed by atoms with Crippen LogP contribution in [0, 0.1) is 0 Å². The molecule has 31 heavy (non-hydrogen) atoms. The fraction of sp³-hybridized carbons (Fsp3) is 0.318. The van der Waals surface area contributed by atoms with Gasteiger partial charge in [0.25, 0.3) is 0 Å². The van der Waals surface area contributed by atoms with E-state index < -0.39 is 5.25 Å². The van der Waals surface area contributed by atoms with Gasteiger partial charge in [0.05, 0.1) is 25.4 Å². The monoisotopic (exact) mass is 439 g/mol. The van der Waals surface area contributed by atoms with Crippen LogP contribution in [0.3, 0.4) is 0 Å². The van der Waals surface area contributed by atoms with Gasteiger partial charge >= 0.3 is 0 Å². The summed E-state index contributed by atoms with van der Waals surface area (Å²) in [7, 11) is 1.58. The minimum absolute atomic E-state index is 0.145. The lowest BCUT2D eigenvalue weighted by Gasteiger charge is -2.33. The molecule has 2 atom stereocenters. The smallest absolute Gasteiger partial charge is 0.240 e. The highest BCUT2D eigenvalue weighted by Crippen LogP contribution is 2.38. The molecule has 0 saturated heterocycles. The first-order valence-corrected chi connectivity index (χ1v) is 11.1. The molecule has 8 nitrogen and oxygen atoms in total. The number of hydrogen-bond acceptors (Lipinski definition) is 7. The molecule has 0 aliphatic carbocycles. The zero-order valence-electron chi connectivity index (χ0n) is 17.7. The fourth-order valence-electron chi connectivity index (χ4n) is 3.47. The number of anilines is 1. The van der Waals surface area contributed by atoms with Gasteiger partial charge in [0.15, 0.2) is 5.82 Å². The summed E-state index contributed by atoms with van der Waals surface area (Å²) in [6.45, 7) is 4.58. The Morgan fingerprint density at radius 3 is 2.65 bits per heavy atom. The lowest BCUT2D eigenvalue weighted by molar-refractivity contribution is -0.116. The fourth-order valence-corrected chi connectivity index (χ4v) is 4.57. The Hall–Kier alpha value is -3.20. The predicted octanol–water partition coefficient (Wildman–Crippen LogP) is 3.65. The highest BCUT2D eigenvalue weighted by Gasteiger charge is 2.38. The number of hydrogen-bond donors (Lipinski definition) is 2. The Labute approximate surface area is 185 Å². The van der Waals surface area contributed by atoms with Gasteiger partial charge in [-0.25, -0.2) is 4.68 Å². The van der Waals surface area contributed by atoms with Crippen molar-refractivity contribution in [1.82, 2.24) is 14.9 Å². The molecule has 1 amide bonds. The maximum absolute atomic E-state index is 13.4. The molecule has 3 aromatic rings. The van der Waals surface area contributed by atoms with Crippen molar-refractivity contribution in [2.24, 2.45) is 0 Å². The third-order valence-electron chi connectivity index (χ3n) is 4.99. The first kappa shape index (κ1) is 21.0. The van der Waals surface area contributed by atoms with Gasteiger partial charge in [0.1, 0.15) is 16.7 Å². The predicted molar refractivity (Wildman–Crippen MR) is 120 cm³/mol. The molecule has 0 saturated carbocycles. The van der Waals surface area contributed by atoms with Crippen molar-refractivity contribution in [1.29, 1.82) is 0 Å². The number of nitrogens with zero attached hydrogens (tertiary/aromatic N) is 3. The molecule has 0 bridgehead atoms. The normalized spacial score (nSPS) is 17.4. The van der Waals surface area contributed by atoms with Gasteiger partial charge in [-0.3, -0.25) is 4.79 Å². The molecular formula is C22H25N5O3S. The van der Waals surface area contributed by atoms with Crippen molar-refractivity contribution in [2.75, 3.05) is 24.5 Å². The summed E-state index contributed by atoms with van der Waals surface area (Å²) < 4.78 is 12.8. The van der Waals surface area contributed by atoms with Gasteiger partial charge in [0, 0.05) is 6.42 Å². The number of carbonyl (C=O) groups is 1. The first-order chi connectivity index (χ1) is 15.1. The highest BCUT2D eigenvalue weighted by atomic mass is 32.2. The number of ether oxygens (including phenoxy) is 2. The van der Waals surface area contributed by atoms with Crippen molar-refractivity contribution in [3.8, 4) is 11.5 Å². The summed E-state index contributed by atoms with van der Waals surface area (Å²) in [6, 6.07) is 14.9. The summed E-state index contributed by atoms with van der Waals surface area (Å²) >= 11 is 1.39. The van der Waals surface area contributed by atoms with E-state index in [0.717, 1.165) is 23.6 Å². The second-order valence-electron chi connectivity index (χ2n) is 6.92. The standard InChI is InChI=1S/C22H25N5O3S/c1-4-18-24-25-22-27(18)26-19(14-10-12-15(13-11-14)30-5-2)20(31-22)21(28)23-16-8-6-7-9-17(16)29-3/h6-13,19-20,26H,4-5H2,1-3H3,(H,23,28)/t19-,20-/m0/s1. The van der Waals surface area contributed by atoms with Gasteiger partial charge in [-0.1, -0.05) is 43.0 Å². The van der Waals surface area contributed by atoms with E-state index in [0.29, 0.717) is 23.2 Å². The van der Waals surface area contributed by atoms with Crippen LogP contribution in [0.5, 0.6) is 11.5 Å². The zero-order valence-corrected chi connectivity index (χ0v) is 18.5. The molecule has 0 spiro atoms. The quantitative estimate of drug-likeness (QED) is 0.581. The average Bonchev–Trinajstić information content (AvgIpc) is 3.21. The number of aromatic nitrogens is 3. The summed E-state index contributed by atoms with van der Waals surface area (Å²) in [5, 5.41) is 11.7. The van der Waals surface area contributed by atoms with E-state index in [1.54, 1.807) is 7.11 Å². The van der Waals surface area contributed by atoms with Crippen LogP contribution >= 0.6 is 11.8 Å². The largest absolute Gasteiger partial charge is 0.495 e. The molecule has 162 valence electrons. The Bertz CT molecular complexity index is 1050. The summed E-state index contributed by atoms with van der Waals surface area (Å²) in [6.07, 6.45) is 0.731. The number of thioether (sulfide) groups is 1. The number of para-hydroxylation sites is 2. The molecule has 1 aliphatic rings. The Morgan fingerprint density at radius 2 is 1.94 bits per heavy atom. The lowest BCUT2D eigenvalue weighted by atomic mass is 10.0. The Balaban J connectivity index is 1.66. The van der Waals surface area contributed by atoms with Crippen molar-refractivity contribution in [3.63, 3.8) is 0 Å². The zero-order chi connectivity index (χ0) is 21.8. The number of carbonyl (C=O) groups excluding carboxylic acids is 1. The lowest BCUT2D eigenvalue weighted by Crippen LogP contribution is -2.41. The van der Waals surface area contributed by atoms with Crippen LogP contribution in [0.1, 0.15) is 31.3 Å². The number of benzene rings is 2. The highest BCUT2D eigenvalue weighted by molar-refractivity contribution is 8.00. The van der Waals surface area contributed by atoms with E-state index in [4.69, 9.17) is 9.47 Å². The first-order valence-electron chi connectivity index (χ1n) is 10.2. The average molecular weight is 440 g/mol. The van der Waals surface area contributed by atoms with Crippen LogP contribution in [0.4, 0.5) is 5.69 Å². The minimum atomic E-state index is -0.468. The van der Waals surface area contributed by atoms with E-state index in [9.17, 15) is 4.79 Å². The Kier molecular flexibility index (Phi) is 6.31. The number of rotatable bonds is 7. The molecule has 1 aliphatic heterocycles. The summed E-state index contributed by atoms with van der Waals surface area (Å²) in [5.74, 6) is 2.08. The number of aryl methyl sites for hydroxylation is 1. The minimum Gasteiger partial charge on any atom is -0.495 e. The maximum Gasteiger partial charge on any atom is 0.240 e. The third-order valence-corrected chi connectivity index (χ3v) is 6.21. The van der Waals surface area contributed by atoms with Crippen LogP contribution in [0.15, 0.2) is 53.7 Å². The van der Waals surface area contributed by atoms with Crippen molar-refractivity contribution >= 4 is 23.4 Å². The molecule has 0 unspecified atom stereocenters. The van der Waals surface area contributed by atoms with E-state index in [-0.39, 0.29) is 11.9 Å². The van der Waals surface area contributed by atoms with E-state index >= 15 is 0 Å². The molecule has 2 heterocycles. The van der Waals surface area contributed by atoms with E-state index in [1.165, 1.54) is 11.8 Å². The topological polar surface area (TPSA) is 90.3 Å². The molecular weight excluding hydrogens is 414 g/mol. The molecule has 1 aromatic heterocycles. The van der Waals surface area contributed by atoms with Crippen molar-refractivity contribution in [2.45, 2.75) is 36.7 Å². The van der Waals surface area contributed by atoms with Gasteiger partial charge in [0.2, 0.25) is 11.1 Å². The van der Waals surface area contributed by atoms with Gasteiger partial charge in [-0.15, -0.1) is 10.2 Å². The molecule has 2 aromatic carbocycles. The van der Waals surface area contributed by atoms with Crippen LogP contribution in [-0.2, 0) is 11.2 Å². The third kappa shape index (κ3) is 4.32. The number of methoxy groups -OCH3 is 1. The van der Waals surface area contributed by atoms with Crippen molar-refractivity contribution in [3.05, 3.63) is 59.9 Å². The summed E-state index contributed by atoms with van der Waals surface area (Å²) in [5.41, 5.74) is 5.04. The van der Waals surface area contributed by atoms with Crippen LogP contribution in [0.2, 0.25) is 0 Å². The second-order valence-corrected chi connectivity index (χ2v) is 8.03. The number of nitrogens with one attached hydrogen (secondary N) is 2. The molecule has 0 fully saturated rings. The van der Waals surface area contributed by atoms with Crippen LogP contribution in [-0.4, -0.2) is 39.7 Å². The van der Waals surface area contributed by atoms with Gasteiger partial charge < -0.3 is 20.2 Å². The van der Waals surface area contributed by atoms with Gasteiger partial charge in [-0.05, 0) is 36.8 Å².